The first-order valence-corrected chi connectivity index (χ1v) is 11.4. The summed E-state index contributed by atoms with van der Waals surface area (Å²) in [5.74, 6) is -0.635. The lowest BCUT2D eigenvalue weighted by Crippen LogP contribution is -2.53. The molecule has 9 heteroatoms. The van der Waals surface area contributed by atoms with Crippen molar-refractivity contribution in [2.45, 2.75) is 52.0 Å². The first-order valence-electron chi connectivity index (χ1n) is 11.4. The molecule has 176 valence electrons. The zero-order valence-electron chi connectivity index (χ0n) is 18.9. The predicted octanol–water partition coefficient (Wildman–Crippen LogP) is 1.13. The second-order valence-electron chi connectivity index (χ2n) is 9.49. The molecular weight excluding hydrogens is 426 g/mol. The molecule has 1 spiro atoms. The quantitative estimate of drug-likeness (QED) is 0.648. The normalized spacial score (nSPS) is 24.4. The van der Waals surface area contributed by atoms with Crippen molar-refractivity contribution in [1.82, 2.24) is 9.80 Å². The average Bonchev–Trinajstić information content (AvgIpc) is 3.45. The number of rotatable bonds is 4. The number of benzene rings is 1. The molecule has 0 aromatic heterocycles. The number of amides is 1. The van der Waals surface area contributed by atoms with Crippen LogP contribution in [-0.2, 0) is 25.7 Å². The summed E-state index contributed by atoms with van der Waals surface area (Å²) in [6.45, 7) is 5.73. The van der Waals surface area contributed by atoms with E-state index in [0.717, 1.165) is 17.5 Å². The first-order chi connectivity index (χ1) is 15.7. The lowest BCUT2D eigenvalue weighted by atomic mass is 9.76. The Balaban J connectivity index is 1.27. The van der Waals surface area contributed by atoms with Crippen molar-refractivity contribution in [2.75, 3.05) is 26.2 Å². The second kappa shape index (κ2) is 7.93. The summed E-state index contributed by atoms with van der Waals surface area (Å²) in [5, 5.41) is 11.0. The molecule has 0 unspecified atom stereocenters. The molecule has 1 amide bonds. The number of carbonyl (C=O) groups is 3. The Morgan fingerprint density at radius 2 is 1.67 bits per heavy atom. The fraction of sp³-hybridized carbons (Fsp3) is 0.542. The maximum atomic E-state index is 13.3. The fourth-order valence-corrected chi connectivity index (χ4v) is 5.61. The van der Waals surface area contributed by atoms with Crippen molar-refractivity contribution in [2.24, 2.45) is 11.1 Å². The van der Waals surface area contributed by atoms with Gasteiger partial charge in [0.15, 0.2) is 0 Å². The van der Waals surface area contributed by atoms with Gasteiger partial charge in [0.05, 0.1) is 28.4 Å². The molecule has 0 saturated carbocycles. The van der Waals surface area contributed by atoms with Crippen LogP contribution in [0.1, 0.15) is 59.3 Å². The predicted molar refractivity (Wildman–Crippen MR) is 116 cm³/mol. The van der Waals surface area contributed by atoms with Crippen LogP contribution in [0.4, 0.5) is 0 Å². The molecule has 0 aliphatic carbocycles. The third-order valence-corrected chi connectivity index (χ3v) is 7.94. The molecule has 5 rings (SSSR count). The summed E-state index contributed by atoms with van der Waals surface area (Å²) in [6, 6.07) is 3.43. The highest BCUT2D eigenvalue weighted by Crippen LogP contribution is 2.44. The standard InChI is InChI=1S/C24H29N3O6/c1-13-15(3-4-16-17(13)11-32-22(16)30)19(28)20(25)26-8-5-24(6-9-26)7-10-27(23(24)31)18-12-33-21(29)14(18)2/h3-4,19-20,28H,5-12,25H2,1-2H3/t19-,20-/m1/s1. The number of esters is 2. The highest BCUT2D eigenvalue weighted by atomic mass is 16.5. The lowest BCUT2D eigenvalue weighted by molar-refractivity contribution is -0.139. The summed E-state index contributed by atoms with van der Waals surface area (Å²) >= 11 is 0. The molecule has 2 atom stereocenters. The average molecular weight is 456 g/mol. The molecule has 1 aromatic rings. The van der Waals surface area contributed by atoms with E-state index in [2.05, 4.69) is 0 Å². The van der Waals surface area contributed by atoms with Gasteiger partial charge in [0.2, 0.25) is 5.91 Å². The van der Waals surface area contributed by atoms with Crippen molar-refractivity contribution in [3.05, 3.63) is 45.7 Å². The SMILES string of the molecule is CC1=C(N2CCC3(CCN([C@@H](N)[C@H](O)c4ccc5c(c4C)COC5=O)CC3)C2=O)COC1=O. The van der Waals surface area contributed by atoms with Crippen LogP contribution >= 0.6 is 0 Å². The van der Waals surface area contributed by atoms with E-state index in [1.54, 1.807) is 24.0 Å². The van der Waals surface area contributed by atoms with Gasteiger partial charge in [-0.05, 0) is 50.3 Å². The zero-order chi connectivity index (χ0) is 23.5. The summed E-state index contributed by atoms with van der Waals surface area (Å²) in [7, 11) is 0. The number of fused-ring (bicyclic) bond motifs is 1. The summed E-state index contributed by atoms with van der Waals surface area (Å²) in [5.41, 5.74) is 10.1. The van der Waals surface area contributed by atoms with Crippen LogP contribution in [0.5, 0.6) is 0 Å². The highest BCUT2D eigenvalue weighted by Gasteiger charge is 2.50. The zero-order valence-corrected chi connectivity index (χ0v) is 18.9. The van der Waals surface area contributed by atoms with Crippen LogP contribution in [0.3, 0.4) is 0 Å². The maximum Gasteiger partial charge on any atom is 0.338 e. The number of aliphatic hydroxyl groups is 1. The van der Waals surface area contributed by atoms with E-state index in [1.807, 2.05) is 11.8 Å². The van der Waals surface area contributed by atoms with Gasteiger partial charge in [-0.25, -0.2) is 9.59 Å². The topological polar surface area (TPSA) is 122 Å². The van der Waals surface area contributed by atoms with E-state index < -0.39 is 17.7 Å². The molecule has 0 bridgehead atoms. The second-order valence-corrected chi connectivity index (χ2v) is 9.49. The van der Waals surface area contributed by atoms with Crippen molar-refractivity contribution < 1.29 is 29.0 Å². The minimum Gasteiger partial charge on any atom is -0.457 e. The Hall–Kier alpha value is -2.75. The highest BCUT2D eigenvalue weighted by molar-refractivity contribution is 5.94. The van der Waals surface area contributed by atoms with Crippen LogP contribution in [0.25, 0.3) is 0 Å². The van der Waals surface area contributed by atoms with E-state index in [9.17, 15) is 19.5 Å². The summed E-state index contributed by atoms with van der Waals surface area (Å²) in [6.07, 6.45) is 0.478. The van der Waals surface area contributed by atoms with Gasteiger partial charge >= 0.3 is 11.9 Å². The molecule has 3 N–H and O–H groups in total. The molecule has 0 radical (unpaired) electrons. The van der Waals surface area contributed by atoms with Crippen molar-refractivity contribution in [3.63, 3.8) is 0 Å². The van der Waals surface area contributed by atoms with Crippen molar-refractivity contribution >= 4 is 17.8 Å². The van der Waals surface area contributed by atoms with Crippen molar-refractivity contribution in [3.8, 4) is 0 Å². The van der Waals surface area contributed by atoms with Gasteiger partial charge in [0.25, 0.3) is 0 Å². The molecule has 2 fully saturated rings. The first kappa shape index (κ1) is 22.1. The molecule has 33 heavy (non-hydrogen) atoms. The van der Waals surface area contributed by atoms with Gasteiger partial charge < -0.3 is 25.2 Å². The molecule has 1 aromatic carbocycles. The number of ether oxygens (including phenoxy) is 2. The van der Waals surface area contributed by atoms with E-state index in [0.29, 0.717) is 54.9 Å². The number of piperidine rings is 1. The Labute approximate surface area is 192 Å². The lowest BCUT2D eigenvalue weighted by Gasteiger charge is -2.41. The molecule has 2 saturated heterocycles. The number of aliphatic hydroxyl groups excluding tert-OH is 1. The summed E-state index contributed by atoms with van der Waals surface area (Å²) < 4.78 is 10.2. The third-order valence-electron chi connectivity index (χ3n) is 7.94. The Morgan fingerprint density at radius 3 is 2.33 bits per heavy atom. The number of hydrogen-bond donors (Lipinski definition) is 2. The maximum absolute atomic E-state index is 13.3. The van der Waals surface area contributed by atoms with Crippen LogP contribution < -0.4 is 5.73 Å². The molecule has 4 aliphatic heterocycles. The Bertz CT molecular complexity index is 1070. The van der Waals surface area contributed by atoms with Gasteiger partial charge in [-0.15, -0.1) is 0 Å². The van der Waals surface area contributed by atoms with Gasteiger partial charge in [-0.2, -0.15) is 0 Å². The Kier molecular flexibility index (Phi) is 5.30. The number of cyclic esters (lactones) is 2. The van der Waals surface area contributed by atoms with Crippen LogP contribution in [0.2, 0.25) is 0 Å². The van der Waals surface area contributed by atoms with Crippen LogP contribution in [-0.4, -0.2) is 65.2 Å². The fourth-order valence-electron chi connectivity index (χ4n) is 5.61. The number of nitrogens with zero attached hydrogens (tertiary/aromatic N) is 2. The van der Waals surface area contributed by atoms with E-state index in [1.165, 1.54) is 0 Å². The van der Waals surface area contributed by atoms with Crippen LogP contribution in [0.15, 0.2) is 23.4 Å². The number of likely N-dealkylation sites (tertiary alicyclic amines) is 2. The number of hydrogen-bond acceptors (Lipinski definition) is 8. The smallest absolute Gasteiger partial charge is 0.338 e. The Morgan fingerprint density at radius 1 is 1.00 bits per heavy atom. The minimum absolute atomic E-state index is 0.0584. The van der Waals surface area contributed by atoms with Crippen molar-refractivity contribution in [1.29, 1.82) is 0 Å². The molecule has 9 nitrogen and oxygen atoms in total. The molecule has 4 heterocycles. The minimum atomic E-state index is -0.926. The van der Waals surface area contributed by atoms with E-state index >= 15 is 0 Å². The molecule has 4 aliphatic rings. The monoisotopic (exact) mass is 455 g/mol. The van der Waals surface area contributed by atoms with Gasteiger partial charge in [0.1, 0.15) is 19.3 Å². The largest absolute Gasteiger partial charge is 0.457 e. The molecular formula is C24H29N3O6. The van der Waals surface area contributed by atoms with Gasteiger partial charge in [0, 0.05) is 25.2 Å². The van der Waals surface area contributed by atoms with E-state index in [4.69, 9.17) is 15.2 Å². The van der Waals surface area contributed by atoms with Gasteiger partial charge in [-0.3, -0.25) is 9.69 Å². The number of carbonyl (C=O) groups excluding carboxylic acids is 3. The summed E-state index contributed by atoms with van der Waals surface area (Å²) in [4.78, 5) is 40.6. The van der Waals surface area contributed by atoms with Crippen LogP contribution in [0, 0.1) is 12.3 Å². The number of nitrogens with two attached hydrogens (primary N) is 1. The third kappa shape index (κ3) is 3.37. The van der Waals surface area contributed by atoms with E-state index in [-0.39, 0.29) is 31.1 Å². The van der Waals surface area contributed by atoms with Gasteiger partial charge in [-0.1, -0.05) is 6.07 Å².